The molecule has 21 heavy (non-hydrogen) atoms. The van der Waals surface area contributed by atoms with E-state index in [1.807, 2.05) is 13.8 Å². The Kier molecular flexibility index (Phi) is 4.69. The molecule has 0 atom stereocenters. The Hall–Kier alpha value is -1.79. The standard InChI is InChI=1S/C15H19NO4S/c1-4-16(10-13-7-8-20-11-13)21(17,18)14-5-6-15(19-3)12(2)9-14/h5-9,11H,4,10H2,1-3H3. The smallest absolute Gasteiger partial charge is 0.243 e. The van der Waals surface area contributed by atoms with Crippen molar-refractivity contribution >= 4 is 10.0 Å². The number of aryl methyl sites for hydroxylation is 1. The Morgan fingerprint density at radius 1 is 1.29 bits per heavy atom. The van der Waals surface area contributed by atoms with Gasteiger partial charge in [0.05, 0.1) is 24.5 Å². The summed E-state index contributed by atoms with van der Waals surface area (Å²) in [4.78, 5) is 0.270. The highest BCUT2D eigenvalue weighted by atomic mass is 32.2. The van der Waals surface area contributed by atoms with Gasteiger partial charge in [-0.15, -0.1) is 0 Å². The van der Waals surface area contributed by atoms with Crippen LogP contribution in [-0.4, -0.2) is 26.4 Å². The molecule has 0 unspecified atom stereocenters. The van der Waals surface area contributed by atoms with Crippen molar-refractivity contribution in [3.05, 3.63) is 47.9 Å². The Bertz CT molecular complexity index is 692. The fourth-order valence-electron chi connectivity index (χ4n) is 2.11. The van der Waals surface area contributed by atoms with Gasteiger partial charge in [-0.25, -0.2) is 8.42 Å². The van der Waals surface area contributed by atoms with Crippen LogP contribution >= 0.6 is 0 Å². The van der Waals surface area contributed by atoms with Crippen LogP contribution in [0.1, 0.15) is 18.1 Å². The quantitative estimate of drug-likeness (QED) is 0.823. The summed E-state index contributed by atoms with van der Waals surface area (Å²) >= 11 is 0. The third-order valence-corrected chi connectivity index (χ3v) is 5.21. The summed E-state index contributed by atoms with van der Waals surface area (Å²) in [6, 6.07) is 6.64. The minimum atomic E-state index is -3.54. The molecule has 0 fully saturated rings. The zero-order valence-electron chi connectivity index (χ0n) is 12.4. The number of furan rings is 1. The first kappa shape index (κ1) is 15.6. The van der Waals surface area contributed by atoms with Crippen LogP contribution in [0.15, 0.2) is 46.1 Å². The molecule has 0 aliphatic heterocycles. The second kappa shape index (κ2) is 6.32. The van der Waals surface area contributed by atoms with Gasteiger partial charge in [-0.1, -0.05) is 6.92 Å². The minimum Gasteiger partial charge on any atom is -0.496 e. The van der Waals surface area contributed by atoms with Gasteiger partial charge in [0.2, 0.25) is 10.0 Å². The molecule has 1 aromatic heterocycles. The molecule has 1 heterocycles. The Labute approximate surface area is 125 Å². The van der Waals surface area contributed by atoms with Gasteiger partial charge in [0.15, 0.2) is 0 Å². The summed E-state index contributed by atoms with van der Waals surface area (Å²) in [7, 11) is -1.98. The molecule has 5 nitrogen and oxygen atoms in total. The van der Waals surface area contributed by atoms with Crippen LogP contribution < -0.4 is 4.74 Å². The normalized spacial score (nSPS) is 11.8. The topological polar surface area (TPSA) is 59.8 Å². The van der Waals surface area contributed by atoms with E-state index in [2.05, 4.69) is 0 Å². The fraction of sp³-hybridized carbons (Fsp3) is 0.333. The van der Waals surface area contributed by atoms with Crippen LogP contribution in [0.25, 0.3) is 0 Å². The molecule has 0 bridgehead atoms. The molecule has 0 aliphatic rings. The summed E-state index contributed by atoms with van der Waals surface area (Å²) in [6.45, 7) is 4.32. The van der Waals surface area contributed by atoms with Crippen molar-refractivity contribution in [2.75, 3.05) is 13.7 Å². The highest BCUT2D eigenvalue weighted by molar-refractivity contribution is 7.89. The molecular formula is C15H19NO4S. The second-order valence-electron chi connectivity index (χ2n) is 4.69. The van der Waals surface area contributed by atoms with Crippen LogP contribution in [0.3, 0.4) is 0 Å². The van der Waals surface area contributed by atoms with Gasteiger partial charge in [-0.05, 0) is 36.8 Å². The maximum Gasteiger partial charge on any atom is 0.243 e. The Morgan fingerprint density at radius 2 is 2.05 bits per heavy atom. The largest absolute Gasteiger partial charge is 0.496 e. The molecule has 0 saturated heterocycles. The molecule has 6 heteroatoms. The molecule has 2 rings (SSSR count). The average Bonchev–Trinajstić information content (AvgIpc) is 2.97. The number of ether oxygens (including phenoxy) is 1. The zero-order valence-corrected chi connectivity index (χ0v) is 13.2. The predicted molar refractivity (Wildman–Crippen MR) is 79.7 cm³/mol. The Balaban J connectivity index is 2.32. The van der Waals surface area contributed by atoms with Gasteiger partial charge in [0, 0.05) is 18.7 Å². The first-order valence-corrected chi connectivity index (χ1v) is 8.09. The SMILES string of the molecule is CCN(Cc1ccoc1)S(=O)(=O)c1ccc(OC)c(C)c1. The third-order valence-electron chi connectivity index (χ3n) is 3.30. The molecule has 0 aliphatic carbocycles. The van der Waals surface area contributed by atoms with Crippen molar-refractivity contribution in [1.82, 2.24) is 4.31 Å². The summed E-state index contributed by atoms with van der Waals surface area (Å²) in [5, 5.41) is 0. The van der Waals surface area contributed by atoms with Gasteiger partial charge < -0.3 is 9.15 Å². The van der Waals surface area contributed by atoms with Crippen molar-refractivity contribution < 1.29 is 17.6 Å². The van der Waals surface area contributed by atoms with E-state index < -0.39 is 10.0 Å². The van der Waals surface area contributed by atoms with Crippen molar-refractivity contribution in [1.29, 1.82) is 0 Å². The maximum atomic E-state index is 12.7. The number of nitrogens with zero attached hydrogens (tertiary/aromatic N) is 1. The van der Waals surface area contributed by atoms with E-state index in [1.165, 1.54) is 10.6 Å². The lowest BCUT2D eigenvalue weighted by Crippen LogP contribution is -2.30. The number of hydrogen-bond acceptors (Lipinski definition) is 4. The molecular weight excluding hydrogens is 290 g/mol. The van der Waals surface area contributed by atoms with Crippen molar-refractivity contribution in [2.24, 2.45) is 0 Å². The number of rotatable bonds is 6. The van der Waals surface area contributed by atoms with E-state index >= 15 is 0 Å². The lowest BCUT2D eigenvalue weighted by molar-refractivity contribution is 0.410. The van der Waals surface area contributed by atoms with Crippen molar-refractivity contribution in [3.63, 3.8) is 0 Å². The van der Waals surface area contributed by atoms with Gasteiger partial charge in [-0.2, -0.15) is 4.31 Å². The van der Waals surface area contributed by atoms with E-state index in [9.17, 15) is 8.42 Å². The lowest BCUT2D eigenvalue weighted by Gasteiger charge is -2.20. The van der Waals surface area contributed by atoms with Gasteiger partial charge in [-0.3, -0.25) is 0 Å². The van der Waals surface area contributed by atoms with Gasteiger partial charge in [0.25, 0.3) is 0 Å². The van der Waals surface area contributed by atoms with Crippen LogP contribution in [0.4, 0.5) is 0 Å². The molecule has 2 aromatic rings. The third kappa shape index (κ3) is 3.28. The van der Waals surface area contributed by atoms with Crippen LogP contribution in [0, 0.1) is 6.92 Å². The monoisotopic (exact) mass is 309 g/mol. The van der Waals surface area contributed by atoms with Gasteiger partial charge >= 0.3 is 0 Å². The lowest BCUT2D eigenvalue weighted by atomic mass is 10.2. The molecule has 0 N–H and O–H groups in total. The van der Waals surface area contributed by atoms with E-state index in [0.717, 1.165) is 11.1 Å². The maximum absolute atomic E-state index is 12.7. The summed E-state index contributed by atoms with van der Waals surface area (Å²) in [5.74, 6) is 0.673. The number of benzene rings is 1. The molecule has 0 radical (unpaired) electrons. The van der Waals surface area contributed by atoms with E-state index in [-0.39, 0.29) is 4.90 Å². The highest BCUT2D eigenvalue weighted by Crippen LogP contribution is 2.24. The predicted octanol–water partition coefficient (Wildman–Crippen LogP) is 2.81. The number of methoxy groups -OCH3 is 1. The molecule has 1 aromatic carbocycles. The number of sulfonamides is 1. The second-order valence-corrected chi connectivity index (χ2v) is 6.63. The van der Waals surface area contributed by atoms with Crippen LogP contribution in [-0.2, 0) is 16.6 Å². The Morgan fingerprint density at radius 3 is 2.57 bits per heavy atom. The summed E-state index contributed by atoms with van der Waals surface area (Å²) in [5.41, 5.74) is 1.61. The molecule has 0 amide bonds. The molecule has 0 saturated carbocycles. The van der Waals surface area contributed by atoms with Crippen LogP contribution in [0.5, 0.6) is 5.75 Å². The van der Waals surface area contributed by atoms with Crippen molar-refractivity contribution in [3.8, 4) is 5.75 Å². The zero-order chi connectivity index (χ0) is 15.5. The van der Waals surface area contributed by atoms with Gasteiger partial charge in [0.1, 0.15) is 5.75 Å². The number of hydrogen-bond donors (Lipinski definition) is 0. The first-order valence-electron chi connectivity index (χ1n) is 6.65. The average molecular weight is 309 g/mol. The molecule has 114 valence electrons. The summed E-state index contributed by atoms with van der Waals surface area (Å²) < 4.78 is 37.0. The first-order chi connectivity index (χ1) is 9.98. The van der Waals surface area contributed by atoms with Crippen LogP contribution in [0.2, 0.25) is 0 Å². The van der Waals surface area contributed by atoms with E-state index in [0.29, 0.717) is 18.8 Å². The highest BCUT2D eigenvalue weighted by Gasteiger charge is 2.24. The molecule has 0 spiro atoms. The fourth-order valence-corrected chi connectivity index (χ4v) is 3.64. The van der Waals surface area contributed by atoms with Crippen molar-refractivity contribution in [2.45, 2.75) is 25.3 Å². The minimum absolute atomic E-state index is 0.270. The van der Waals surface area contributed by atoms with E-state index in [4.69, 9.17) is 9.15 Å². The summed E-state index contributed by atoms with van der Waals surface area (Å²) in [6.07, 6.45) is 3.09. The van der Waals surface area contributed by atoms with E-state index in [1.54, 1.807) is 37.6 Å².